The predicted octanol–water partition coefficient (Wildman–Crippen LogP) is 3.80. The van der Waals surface area contributed by atoms with E-state index in [1.165, 1.54) is 28.4 Å². The third kappa shape index (κ3) is 4.64. The molecule has 1 atom stereocenters. The van der Waals surface area contributed by atoms with Crippen LogP contribution >= 0.6 is 11.3 Å². The van der Waals surface area contributed by atoms with Gasteiger partial charge in [-0.25, -0.2) is 9.37 Å². The molecule has 2 aromatic carbocycles. The Kier molecular flexibility index (Phi) is 6.21. The van der Waals surface area contributed by atoms with Crippen molar-refractivity contribution in [3.63, 3.8) is 0 Å². The summed E-state index contributed by atoms with van der Waals surface area (Å²) in [6, 6.07) is 12.6. The number of halogens is 1. The molecular weight excluding hydrogens is 373 g/mol. The summed E-state index contributed by atoms with van der Waals surface area (Å²) in [5.41, 5.74) is 5.02. The fraction of sp³-hybridized carbons (Fsp3) is 0.273. The topological polar surface area (TPSA) is 37.6 Å². The van der Waals surface area contributed by atoms with Crippen molar-refractivity contribution in [2.75, 3.05) is 11.9 Å². The minimum atomic E-state index is -0.221. The van der Waals surface area contributed by atoms with Crippen LogP contribution in [0.3, 0.4) is 0 Å². The normalized spacial score (nSPS) is 12.0. The number of para-hydroxylation sites is 1. The molecule has 1 unspecified atom stereocenters. The van der Waals surface area contributed by atoms with Gasteiger partial charge < -0.3 is 4.90 Å². The number of carbonyl (C=O) groups is 1. The van der Waals surface area contributed by atoms with E-state index in [2.05, 4.69) is 7.05 Å². The number of nitrogens with zero attached hydrogens (tertiary/aromatic N) is 2. The first-order chi connectivity index (χ1) is 13.3. The number of rotatable bonds is 6. The lowest BCUT2D eigenvalue weighted by Gasteiger charge is -2.22. The average molecular weight is 399 g/mol. The minimum Gasteiger partial charge on any atom is -0.329 e. The maximum atomic E-state index is 13.1. The molecule has 28 heavy (non-hydrogen) atoms. The molecule has 1 amide bonds. The molecule has 1 N–H and O–H groups in total. The third-order valence-corrected chi connectivity index (χ3v) is 5.49. The molecule has 3 aromatic rings. The van der Waals surface area contributed by atoms with E-state index >= 15 is 0 Å². The number of benzene rings is 2. The first kappa shape index (κ1) is 20.2. The molecule has 0 bridgehead atoms. The number of amides is 1. The van der Waals surface area contributed by atoms with Crippen LogP contribution in [0, 0.1) is 19.7 Å². The Hall–Kier alpha value is -2.57. The van der Waals surface area contributed by atoms with Crippen molar-refractivity contribution in [2.45, 2.75) is 33.9 Å². The van der Waals surface area contributed by atoms with E-state index in [-0.39, 0.29) is 11.7 Å². The van der Waals surface area contributed by atoms with Gasteiger partial charge in [0.15, 0.2) is 5.13 Å². The van der Waals surface area contributed by atoms with E-state index < -0.39 is 0 Å². The second kappa shape index (κ2) is 8.63. The Morgan fingerprint density at radius 3 is 2.36 bits per heavy atom. The first-order valence-corrected chi connectivity index (χ1v) is 10.1. The number of quaternary nitrogens is 1. The van der Waals surface area contributed by atoms with Crippen molar-refractivity contribution < 1.29 is 14.1 Å². The lowest BCUT2D eigenvalue weighted by atomic mass is 10.1. The van der Waals surface area contributed by atoms with Crippen LogP contribution in [0.1, 0.15) is 29.3 Å². The fourth-order valence-corrected chi connectivity index (χ4v) is 4.22. The van der Waals surface area contributed by atoms with Crippen LogP contribution in [0.2, 0.25) is 0 Å². The van der Waals surface area contributed by atoms with Crippen LogP contribution in [0.4, 0.5) is 15.2 Å². The summed E-state index contributed by atoms with van der Waals surface area (Å²) >= 11 is 1.48. The van der Waals surface area contributed by atoms with Gasteiger partial charge in [0.05, 0.1) is 12.7 Å². The van der Waals surface area contributed by atoms with Crippen molar-refractivity contribution in [3.05, 3.63) is 76.0 Å². The van der Waals surface area contributed by atoms with Gasteiger partial charge in [-0.15, -0.1) is 11.3 Å². The zero-order chi connectivity index (χ0) is 20.3. The molecule has 0 aliphatic rings. The zero-order valence-electron chi connectivity index (χ0n) is 16.6. The largest absolute Gasteiger partial charge is 0.329 e. The van der Waals surface area contributed by atoms with E-state index in [4.69, 9.17) is 4.98 Å². The zero-order valence-corrected chi connectivity index (χ0v) is 17.4. The Morgan fingerprint density at radius 1 is 1.11 bits per heavy atom. The minimum absolute atomic E-state index is 0.0506. The molecule has 0 saturated carbocycles. The van der Waals surface area contributed by atoms with Crippen LogP contribution in [-0.4, -0.2) is 17.9 Å². The number of hydrogen-bond donors (Lipinski definition) is 1. The Labute approximate surface area is 169 Å². The Bertz CT molecular complexity index is 948. The van der Waals surface area contributed by atoms with Crippen molar-refractivity contribution >= 4 is 28.1 Å². The van der Waals surface area contributed by atoms with Crippen molar-refractivity contribution in [1.82, 2.24) is 4.98 Å². The second-order valence-corrected chi connectivity index (χ2v) is 7.99. The van der Waals surface area contributed by atoms with Gasteiger partial charge >= 0.3 is 0 Å². The first-order valence-electron chi connectivity index (χ1n) is 9.22. The average Bonchev–Trinajstić information content (AvgIpc) is 3.07. The smallest absolute Gasteiger partial charge is 0.230 e. The second-order valence-electron chi connectivity index (χ2n) is 7.15. The van der Waals surface area contributed by atoms with Crippen LogP contribution in [0.15, 0.2) is 47.8 Å². The number of nitrogens with one attached hydrogen (secondary N) is 1. The molecule has 1 heterocycles. The lowest BCUT2D eigenvalue weighted by molar-refractivity contribution is -0.908. The highest BCUT2D eigenvalue weighted by molar-refractivity contribution is 7.14. The maximum Gasteiger partial charge on any atom is 0.230 e. The monoisotopic (exact) mass is 398 g/mol. The quantitative estimate of drug-likeness (QED) is 0.686. The number of anilines is 2. The standard InChI is InChI=1S/C22H24FN3OS/c1-15-6-5-7-16(2)21(15)26(17(3)27)22-24-20(14-28-22)13-25(4)12-18-8-10-19(23)11-9-18/h5-11,14H,12-13H2,1-4H3/p+1. The summed E-state index contributed by atoms with van der Waals surface area (Å²) in [6.45, 7) is 7.09. The van der Waals surface area contributed by atoms with Crippen molar-refractivity contribution in [3.8, 4) is 0 Å². The van der Waals surface area contributed by atoms with Crippen LogP contribution in [0.5, 0.6) is 0 Å². The predicted molar refractivity (Wildman–Crippen MR) is 112 cm³/mol. The molecule has 0 spiro atoms. The van der Waals surface area contributed by atoms with Crippen molar-refractivity contribution in [1.29, 1.82) is 0 Å². The van der Waals surface area contributed by atoms with Gasteiger partial charge in [0, 0.05) is 17.9 Å². The molecule has 0 fully saturated rings. The summed E-state index contributed by atoms with van der Waals surface area (Å²) in [5.74, 6) is -0.272. The van der Waals surface area contributed by atoms with Crippen LogP contribution in [-0.2, 0) is 17.9 Å². The van der Waals surface area contributed by atoms with Gasteiger partial charge in [-0.1, -0.05) is 30.3 Å². The highest BCUT2D eigenvalue weighted by Crippen LogP contribution is 2.33. The van der Waals surface area contributed by atoms with Gasteiger partial charge in [-0.3, -0.25) is 9.69 Å². The van der Waals surface area contributed by atoms with E-state index in [9.17, 15) is 9.18 Å². The van der Waals surface area contributed by atoms with Crippen LogP contribution < -0.4 is 9.80 Å². The van der Waals surface area contributed by atoms with E-state index in [0.717, 1.165) is 41.2 Å². The van der Waals surface area contributed by atoms with Gasteiger partial charge in [0.1, 0.15) is 24.6 Å². The Balaban J connectivity index is 1.77. The summed E-state index contributed by atoms with van der Waals surface area (Å²) in [5, 5.41) is 2.70. The molecule has 6 heteroatoms. The number of carbonyl (C=O) groups excluding carboxylic acids is 1. The third-order valence-electron chi connectivity index (χ3n) is 4.61. The van der Waals surface area contributed by atoms with Crippen molar-refractivity contribution in [2.24, 2.45) is 0 Å². The molecular formula is C22H25FN3OS+. The highest BCUT2D eigenvalue weighted by atomic mass is 32.1. The Morgan fingerprint density at radius 2 is 1.75 bits per heavy atom. The number of aryl methyl sites for hydroxylation is 2. The molecule has 0 aliphatic heterocycles. The van der Waals surface area contributed by atoms with Gasteiger partial charge in [-0.2, -0.15) is 0 Å². The molecule has 1 aromatic heterocycles. The van der Waals surface area contributed by atoms with Gasteiger partial charge in [0.2, 0.25) is 5.91 Å². The molecule has 3 rings (SSSR count). The van der Waals surface area contributed by atoms with Crippen LogP contribution in [0.25, 0.3) is 0 Å². The molecule has 0 aliphatic carbocycles. The summed E-state index contributed by atoms with van der Waals surface area (Å²) in [6.07, 6.45) is 0. The van der Waals surface area contributed by atoms with E-state index in [0.29, 0.717) is 5.13 Å². The fourth-order valence-electron chi connectivity index (χ4n) is 3.35. The van der Waals surface area contributed by atoms with Gasteiger partial charge in [0.25, 0.3) is 0 Å². The molecule has 4 nitrogen and oxygen atoms in total. The van der Waals surface area contributed by atoms with E-state index in [1.807, 2.05) is 49.6 Å². The maximum absolute atomic E-state index is 13.1. The number of aromatic nitrogens is 1. The van der Waals surface area contributed by atoms with Gasteiger partial charge in [-0.05, 0) is 37.1 Å². The molecule has 0 radical (unpaired) electrons. The highest BCUT2D eigenvalue weighted by Gasteiger charge is 2.22. The lowest BCUT2D eigenvalue weighted by Crippen LogP contribution is -3.06. The molecule has 0 saturated heterocycles. The number of thiazole rings is 1. The number of hydrogen-bond acceptors (Lipinski definition) is 3. The summed E-state index contributed by atoms with van der Waals surface area (Å²) < 4.78 is 13.1. The van der Waals surface area contributed by atoms with E-state index in [1.54, 1.807) is 11.8 Å². The SMILES string of the molecule is CC(=O)N(c1nc(C[NH+](C)Cc2ccc(F)cc2)cs1)c1c(C)cccc1C. The summed E-state index contributed by atoms with van der Waals surface area (Å²) in [4.78, 5) is 20.1. The molecule has 146 valence electrons. The summed E-state index contributed by atoms with van der Waals surface area (Å²) in [7, 11) is 2.08.